The van der Waals surface area contributed by atoms with Crippen molar-refractivity contribution in [2.45, 2.75) is 20.1 Å². The first kappa shape index (κ1) is 21.2. The zero-order chi connectivity index (χ0) is 21.8. The summed E-state index contributed by atoms with van der Waals surface area (Å²) in [4.78, 5) is 26.9. The number of hydrogen-bond donors (Lipinski definition) is 0. The second-order valence-electron chi connectivity index (χ2n) is 7.21. The predicted octanol–water partition coefficient (Wildman–Crippen LogP) is 6.46. The number of ether oxygens (including phenoxy) is 1. The Bertz CT molecular complexity index is 1170. The quantitative estimate of drug-likeness (QED) is 0.405. The van der Waals surface area contributed by atoms with Crippen molar-refractivity contribution in [3.8, 4) is 5.75 Å². The fourth-order valence-corrected chi connectivity index (χ4v) is 4.28. The molecule has 0 atom stereocenters. The van der Waals surface area contributed by atoms with Crippen LogP contribution in [0.1, 0.15) is 22.3 Å². The Balaban J connectivity index is 1.47. The van der Waals surface area contributed by atoms with Crippen LogP contribution in [0.15, 0.2) is 77.7 Å². The third kappa shape index (κ3) is 5.19. The number of amides is 2. The van der Waals surface area contributed by atoms with Gasteiger partial charge in [-0.2, -0.15) is 0 Å². The molecule has 0 spiro atoms. The van der Waals surface area contributed by atoms with Gasteiger partial charge >= 0.3 is 0 Å². The van der Waals surface area contributed by atoms with E-state index in [0.717, 1.165) is 34.0 Å². The molecule has 0 unspecified atom stereocenters. The molecule has 0 saturated carbocycles. The number of rotatable bonds is 6. The molecule has 6 heteroatoms. The zero-order valence-electron chi connectivity index (χ0n) is 16.9. The van der Waals surface area contributed by atoms with Crippen LogP contribution >= 0.6 is 23.4 Å². The maximum atomic E-state index is 12.8. The summed E-state index contributed by atoms with van der Waals surface area (Å²) >= 11 is 7.14. The molecule has 4 nitrogen and oxygen atoms in total. The van der Waals surface area contributed by atoms with E-state index in [9.17, 15) is 9.59 Å². The van der Waals surface area contributed by atoms with Gasteiger partial charge in [0.15, 0.2) is 0 Å². The van der Waals surface area contributed by atoms with E-state index >= 15 is 0 Å². The van der Waals surface area contributed by atoms with Gasteiger partial charge in [-0.25, -0.2) is 0 Å². The lowest BCUT2D eigenvalue weighted by atomic mass is 10.1. The van der Waals surface area contributed by atoms with Gasteiger partial charge in [-0.05, 0) is 54.1 Å². The van der Waals surface area contributed by atoms with Gasteiger partial charge in [0.2, 0.25) is 0 Å². The number of halogens is 1. The lowest BCUT2D eigenvalue weighted by molar-refractivity contribution is -0.123. The largest absolute Gasteiger partial charge is 0.489 e. The summed E-state index contributed by atoms with van der Waals surface area (Å²) < 4.78 is 5.85. The molecule has 0 aliphatic carbocycles. The highest BCUT2D eigenvalue weighted by Crippen LogP contribution is 2.34. The highest BCUT2D eigenvalue weighted by Gasteiger charge is 2.34. The molecule has 0 N–H and O–H groups in total. The summed E-state index contributed by atoms with van der Waals surface area (Å²) in [5, 5.41) is 0.393. The van der Waals surface area contributed by atoms with E-state index in [-0.39, 0.29) is 17.7 Å². The number of aryl methyl sites for hydroxylation is 1. The molecule has 1 aliphatic rings. The second kappa shape index (κ2) is 9.41. The van der Waals surface area contributed by atoms with Crippen molar-refractivity contribution in [3.05, 3.63) is 105 Å². The van der Waals surface area contributed by atoms with Crippen LogP contribution in [0, 0.1) is 6.92 Å². The molecule has 2 amide bonds. The first-order chi connectivity index (χ1) is 15.0. The van der Waals surface area contributed by atoms with Gasteiger partial charge in [0, 0.05) is 10.6 Å². The van der Waals surface area contributed by atoms with Gasteiger partial charge in [0.1, 0.15) is 12.4 Å². The van der Waals surface area contributed by atoms with E-state index in [1.54, 1.807) is 6.08 Å². The topological polar surface area (TPSA) is 46.6 Å². The molecule has 156 valence electrons. The number of nitrogens with zero attached hydrogens (tertiary/aromatic N) is 1. The number of imide groups is 1. The number of hydrogen-bond acceptors (Lipinski definition) is 4. The maximum absolute atomic E-state index is 12.8. The molecule has 1 saturated heterocycles. The van der Waals surface area contributed by atoms with Gasteiger partial charge in [-0.3, -0.25) is 14.5 Å². The molecule has 4 rings (SSSR count). The molecular weight excluding hydrogens is 430 g/mol. The fraction of sp³-hybridized carbons (Fsp3) is 0.120. The Morgan fingerprint density at radius 2 is 1.81 bits per heavy atom. The van der Waals surface area contributed by atoms with Gasteiger partial charge in [0.25, 0.3) is 11.1 Å². The summed E-state index contributed by atoms with van der Waals surface area (Å²) in [5.74, 6) is 0.381. The monoisotopic (exact) mass is 449 g/mol. The zero-order valence-corrected chi connectivity index (χ0v) is 18.5. The standard InChI is InChI=1S/C25H20ClNO3S/c1-17-6-4-8-19(12-17)15-27-24(28)23(31-25(27)29)14-18-7-5-10-21(13-18)30-16-20-9-2-3-11-22(20)26/h2-14H,15-16H2,1H3/b23-14+. The van der Waals surface area contributed by atoms with Crippen LogP contribution in [0.5, 0.6) is 5.75 Å². The van der Waals surface area contributed by atoms with Crippen molar-refractivity contribution >= 4 is 40.6 Å². The molecular formula is C25H20ClNO3S. The first-order valence-electron chi connectivity index (χ1n) is 9.77. The summed E-state index contributed by atoms with van der Waals surface area (Å²) in [6.45, 7) is 2.60. The molecule has 0 bridgehead atoms. The normalized spacial score (nSPS) is 15.0. The van der Waals surface area contributed by atoms with E-state index in [1.807, 2.05) is 79.7 Å². The summed E-state index contributed by atoms with van der Waals surface area (Å²) in [6.07, 6.45) is 1.73. The minimum Gasteiger partial charge on any atom is -0.489 e. The lowest BCUT2D eigenvalue weighted by Gasteiger charge is -2.12. The van der Waals surface area contributed by atoms with Crippen LogP contribution in [0.4, 0.5) is 4.79 Å². The predicted molar refractivity (Wildman–Crippen MR) is 125 cm³/mol. The van der Waals surface area contributed by atoms with Gasteiger partial charge < -0.3 is 4.74 Å². The highest BCUT2D eigenvalue weighted by molar-refractivity contribution is 8.18. The maximum Gasteiger partial charge on any atom is 0.293 e. The Hall–Kier alpha value is -3.02. The Labute approximate surface area is 190 Å². The van der Waals surface area contributed by atoms with E-state index in [2.05, 4.69) is 0 Å². The van der Waals surface area contributed by atoms with Gasteiger partial charge in [-0.15, -0.1) is 0 Å². The van der Waals surface area contributed by atoms with Crippen LogP contribution < -0.4 is 4.74 Å². The number of carbonyl (C=O) groups excluding carboxylic acids is 2. The van der Waals surface area contributed by atoms with Crippen molar-refractivity contribution in [2.75, 3.05) is 0 Å². The summed E-state index contributed by atoms with van der Waals surface area (Å²) in [5.41, 5.74) is 3.71. The third-order valence-electron chi connectivity index (χ3n) is 4.80. The Morgan fingerprint density at radius 3 is 2.61 bits per heavy atom. The smallest absolute Gasteiger partial charge is 0.293 e. The Morgan fingerprint density at radius 1 is 1.00 bits per heavy atom. The van der Waals surface area contributed by atoms with E-state index in [4.69, 9.17) is 16.3 Å². The highest BCUT2D eigenvalue weighted by atomic mass is 35.5. The van der Waals surface area contributed by atoms with Crippen molar-refractivity contribution in [3.63, 3.8) is 0 Å². The molecule has 3 aromatic rings. The lowest BCUT2D eigenvalue weighted by Crippen LogP contribution is -2.27. The van der Waals surface area contributed by atoms with Crippen LogP contribution in [-0.4, -0.2) is 16.0 Å². The molecule has 1 aliphatic heterocycles. The molecule has 3 aromatic carbocycles. The fourth-order valence-electron chi connectivity index (χ4n) is 3.25. The molecule has 0 radical (unpaired) electrons. The van der Waals surface area contributed by atoms with Crippen LogP contribution in [0.2, 0.25) is 5.02 Å². The minimum absolute atomic E-state index is 0.260. The molecule has 0 aromatic heterocycles. The summed E-state index contributed by atoms with van der Waals surface area (Å²) in [6, 6.07) is 22.7. The third-order valence-corrected chi connectivity index (χ3v) is 6.08. The Kier molecular flexibility index (Phi) is 6.44. The summed E-state index contributed by atoms with van der Waals surface area (Å²) in [7, 11) is 0. The van der Waals surface area contributed by atoms with E-state index in [0.29, 0.717) is 22.3 Å². The second-order valence-corrected chi connectivity index (χ2v) is 8.61. The first-order valence-corrected chi connectivity index (χ1v) is 11.0. The van der Waals surface area contributed by atoms with Crippen LogP contribution in [0.25, 0.3) is 6.08 Å². The van der Waals surface area contributed by atoms with Crippen molar-refractivity contribution < 1.29 is 14.3 Å². The number of carbonyl (C=O) groups is 2. The number of benzene rings is 3. The van der Waals surface area contributed by atoms with Crippen molar-refractivity contribution in [1.29, 1.82) is 0 Å². The van der Waals surface area contributed by atoms with Crippen molar-refractivity contribution in [1.82, 2.24) is 4.90 Å². The van der Waals surface area contributed by atoms with E-state index < -0.39 is 0 Å². The van der Waals surface area contributed by atoms with Crippen LogP contribution in [-0.2, 0) is 17.9 Å². The molecule has 1 heterocycles. The SMILES string of the molecule is Cc1cccc(CN2C(=O)S/C(=C/c3cccc(OCc4ccccc4Cl)c3)C2=O)c1. The minimum atomic E-state index is -0.279. The van der Waals surface area contributed by atoms with Gasteiger partial charge in [-0.1, -0.05) is 71.8 Å². The van der Waals surface area contributed by atoms with Crippen molar-refractivity contribution in [2.24, 2.45) is 0 Å². The molecule has 31 heavy (non-hydrogen) atoms. The van der Waals surface area contributed by atoms with Crippen LogP contribution in [0.3, 0.4) is 0 Å². The molecule has 1 fully saturated rings. The average molecular weight is 450 g/mol. The number of thioether (sulfide) groups is 1. The average Bonchev–Trinajstić information content (AvgIpc) is 3.01. The van der Waals surface area contributed by atoms with Gasteiger partial charge in [0.05, 0.1) is 11.4 Å². The van der Waals surface area contributed by atoms with E-state index in [1.165, 1.54) is 4.90 Å².